The molecular formula is C14H27N3O2. The minimum absolute atomic E-state index is 0.373. The van der Waals surface area contributed by atoms with Crippen LogP contribution in [0.3, 0.4) is 0 Å². The Morgan fingerprint density at radius 3 is 2.63 bits per heavy atom. The predicted molar refractivity (Wildman–Crippen MR) is 77.3 cm³/mol. The minimum Gasteiger partial charge on any atom is -0.444 e. The number of carbonyl (C=O) groups is 1. The molecule has 5 heteroatoms. The Labute approximate surface area is 116 Å². The average molecular weight is 269 g/mol. The van der Waals surface area contributed by atoms with Gasteiger partial charge in [-0.1, -0.05) is 12.2 Å². The Morgan fingerprint density at radius 1 is 1.37 bits per heavy atom. The van der Waals surface area contributed by atoms with E-state index in [-0.39, 0.29) is 6.09 Å². The molecule has 1 unspecified atom stereocenters. The van der Waals surface area contributed by atoms with E-state index >= 15 is 0 Å². The first kappa shape index (κ1) is 16.0. The van der Waals surface area contributed by atoms with Gasteiger partial charge in [-0.05, 0) is 40.8 Å². The summed E-state index contributed by atoms with van der Waals surface area (Å²) >= 11 is 0. The molecule has 19 heavy (non-hydrogen) atoms. The molecule has 0 saturated carbocycles. The highest BCUT2D eigenvalue weighted by molar-refractivity contribution is 5.67. The third kappa shape index (κ3) is 7.85. The van der Waals surface area contributed by atoms with E-state index in [1.807, 2.05) is 32.9 Å². The molecule has 1 aliphatic heterocycles. The first-order valence-corrected chi connectivity index (χ1v) is 6.90. The molecule has 2 N–H and O–H groups in total. The lowest BCUT2D eigenvalue weighted by Crippen LogP contribution is -2.33. The highest BCUT2D eigenvalue weighted by atomic mass is 16.6. The van der Waals surface area contributed by atoms with Crippen LogP contribution in [0.25, 0.3) is 0 Å². The SMILES string of the molecule is CN1CCC(NC/C=C/CNC(=O)OC(C)(C)C)C1. The molecule has 110 valence electrons. The summed E-state index contributed by atoms with van der Waals surface area (Å²) < 4.78 is 5.13. The van der Waals surface area contributed by atoms with Gasteiger partial charge in [0, 0.05) is 25.7 Å². The number of rotatable bonds is 5. The van der Waals surface area contributed by atoms with Crippen LogP contribution in [0, 0.1) is 0 Å². The quantitative estimate of drug-likeness (QED) is 0.740. The number of nitrogens with one attached hydrogen (secondary N) is 2. The number of hydrogen-bond acceptors (Lipinski definition) is 4. The van der Waals surface area contributed by atoms with Crippen LogP contribution in [0.15, 0.2) is 12.2 Å². The normalized spacial score (nSPS) is 20.9. The number of amides is 1. The van der Waals surface area contributed by atoms with E-state index in [1.165, 1.54) is 13.0 Å². The zero-order valence-corrected chi connectivity index (χ0v) is 12.5. The minimum atomic E-state index is -0.441. The molecule has 0 aliphatic carbocycles. The van der Waals surface area contributed by atoms with Crippen molar-refractivity contribution in [3.05, 3.63) is 12.2 Å². The molecule has 0 aromatic heterocycles. The van der Waals surface area contributed by atoms with Gasteiger partial charge in [0.1, 0.15) is 5.60 Å². The number of hydrogen-bond donors (Lipinski definition) is 2. The number of carbonyl (C=O) groups excluding carboxylic acids is 1. The molecule has 1 rings (SSSR count). The second-order valence-electron chi connectivity index (χ2n) is 6.01. The van der Waals surface area contributed by atoms with Gasteiger partial charge in [-0.3, -0.25) is 0 Å². The van der Waals surface area contributed by atoms with Crippen molar-refractivity contribution in [3.8, 4) is 0 Å². The van der Waals surface area contributed by atoms with Crippen molar-refractivity contribution in [1.82, 2.24) is 15.5 Å². The fourth-order valence-corrected chi connectivity index (χ4v) is 1.96. The summed E-state index contributed by atoms with van der Waals surface area (Å²) in [7, 11) is 2.14. The van der Waals surface area contributed by atoms with Crippen LogP contribution in [-0.2, 0) is 4.74 Å². The van der Waals surface area contributed by atoms with E-state index < -0.39 is 5.60 Å². The smallest absolute Gasteiger partial charge is 0.407 e. The molecule has 1 fully saturated rings. The molecule has 0 aromatic rings. The van der Waals surface area contributed by atoms with Crippen LogP contribution in [0.1, 0.15) is 27.2 Å². The van der Waals surface area contributed by atoms with Gasteiger partial charge >= 0.3 is 6.09 Å². The van der Waals surface area contributed by atoms with Crippen LogP contribution in [0.2, 0.25) is 0 Å². The van der Waals surface area contributed by atoms with E-state index in [9.17, 15) is 4.79 Å². The molecule has 0 spiro atoms. The zero-order chi connectivity index (χ0) is 14.3. The monoisotopic (exact) mass is 269 g/mol. The second kappa shape index (κ2) is 7.50. The van der Waals surface area contributed by atoms with Crippen molar-refractivity contribution < 1.29 is 9.53 Å². The van der Waals surface area contributed by atoms with Gasteiger partial charge in [0.25, 0.3) is 0 Å². The summed E-state index contributed by atoms with van der Waals surface area (Å²) in [6.07, 6.45) is 4.81. The predicted octanol–water partition coefficient (Wildman–Crippen LogP) is 1.36. The molecule has 0 radical (unpaired) electrons. The lowest BCUT2D eigenvalue weighted by molar-refractivity contribution is 0.0534. The molecule has 1 amide bonds. The third-order valence-corrected chi connectivity index (χ3v) is 2.85. The van der Waals surface area contributed by atoms with Crippen molar-refractivity contribution in [2.45, 2.75) is 38.8 Å². The van der Waals surface area contributed by atoms with Gasteiger partial charge in [-0.2, -0.15) is 0 Å². The van der Waals surface area contributed by atoms with Gasteiger partial charge in [0.2, 0.25) is 0 Å². The summed E-state index contributed by atoms with van der Waals surface area (Å²) in [5.41, 5.74) is -0.441. The average Bonchev–Trinajstić information content (AvgIpc) is 2.67. The molecule has 5 nitrogen and oxygen atoms in total. The van der Waals surface area contributed by atoms with E-state index in [0.717, 1.165) is 13.1 Å². The van der Waals surface area contributed by atoms with Crippen molar-refractivity contribution in [2.75, 3.05) is 33.2 Å². The number of nitrogens with zero attached hydrogens (tertiary/aromatic N) is 1. The number of ether oxygens (including phenoxy) is 1. The van der Waals surface area contributed by atoms with E-state index in [4.69, 9.17) is 4.74 Å². The lowest BCUT2D eigenvalue weighted by atomic mass is 10.2. The largest absolute Gasteiger partial charge is 0.444 e. The molecule has 1 saturated heterocycles. The van der Waals surface area contributed by atoms with Gasteiger partial charge in [0.15, 0.2) is 0 Å². The second-order valence-corrected chi connectivity index (χ2v) is 6.01. The summed E-state index contributed by atoms with van der Waals surface area (Å²) in [6.45, 7) is 9.18. The molecule has 1 aliphatic rings. The Balaban J connectivity index is 2.03. The summed E-state index contributed by atoms with van der Waals surface area (Å²) in [5.74, 6) is 0. The van der Waals surface area contributed by atoms with E-state index in [0.29, 0.717) is 12.6 Å². The summed E-state index contributed by atoms with van der Waals surface area (Å²) in [5, 5.41) is 6.16. The van der Waals surface area contributed by atoms with Crippen molar-refractivity contribution in [3.63, 3.8) is 0 Å². The first-order chi connectivity index (χ1) is 8.87. The van der Waals surface area contributed by atoms with E-state index in [2.05, 4.69) is 22.6 Å². The Bertz CT molecular complexity index is 310. The summed E-state index contributed by atoms with van der Waals surface area (Å²) in [4.78, 5) is 13.7. The molecule has 0 bridgehead atoms. The summed E-state index contributed by atoms with van der Waals surface area (Å²) in [6, 6.07) is 0.591. The zero-order valence-electron chi connectivity index (χ0n) is 12.5. The maximum Gasteiger partial charge on any atom is 0.407 e. The van der Waals surface area contributed by atoms with Crippen molar-refractivity contribution in [2.24, 2.45) is 0 Å². The third-order valence-electron chi connectivity index (χ3n) is 2.85. The van der Waals surface area contributed by atoms with Gasteiger partial charge in [0.05, 0.1) is 0 Å². The van der Waals surface area contributed by atoms with Crippen LogP contribution in [0.4, 0.5) is 4.79 Å². The molecule has 1 heterocycles. The van der Waals surface area contributed by atoms with Gasteiger partial charge < -0.3 is 20.3 Å². The van der Waals surface area contributed by atoms with Crippen LogP contribution in [-0.4, -0.2) is 55.9 Å². The molecule has 0 aromatic carbocycles. The standard InChI is InChI=1S/C14H27N3O2/c1-14(2,3)19-13(18)16-9-6-5-8-15-12-7-10-17(4)11-12/h5-6,12,15H,7-11H2,1-4H3,(H,16,18)/b6-5+. The van der Waals surface area contributed by atoms with Crippen LogP contribution < -0.4 is 10.6 Å². The topological polar surface area (TPSA) is 53.6 Å². The fourth-order valence-electron chi connectivity index (χ4n) is 1.96. The van der Waals surface area contributed by atoms with Crippen LogP contribution in [0.5, 0.6) is 0 Å². The Kier molecular flexibility index (Phi) is 6.31. The van der Waals surface area contributed by atoms with Gasteiger partial charge in [-0.15, -0.1) is 0 Å². The van der Waals surface area contributed by atoms with Gasteiger partial charge in [-0.25, -0.2) is 4.79 Å². The molecular weight excluding hydrogens is 242 g/mol. The first-order valence-electron chi connectivity index (χ1n) is 6.90. The van der Waals surface area contributed by atoms with Crippen molar-refractivity contribution in [1.29, 1.82) is 0 Å². The highest BCUT2D eigenvalue weighted by Crippen LogP contribution is 2.06. The molecule has 1 atom stereocenters. The number of likely N-dealkylation sites (tertiary alicyclic amines) is 1. The fraction of sp³-hybridized carbons (Fsp3) is 0.786. The van der Waals surface area contributed by atoms with Crippen LogP contribution >= 0.6 is 0 Å². The Morgan fingerprint density at radius 2 is 2.05 bits per heavy atom. The highest BCUT2D eigenvalue weighted by Gasteiger charge is 2.17. The Hall–Kier alpha value is -1.07. The van der Waals surface area contributed by atoms with Crippen molar-refractivity contribution >= 4 is 6.09 Å². The lowest BCUT2D eigenvalue weighted by Gasteiger charge is -2.19. The maximum atomic E-state index is 11.3. The van der Waals surface area contributed by atoms with E-state index in [1.54, 1.807) is 0 Å². The number of likely N-dealkylation sites (N-methyl/N-ethyl adjacent to an activating group) is 1. The maximum absolute atomic E-state index is 11.3. The number of alkyl carbamates (subject to hydrolysis) is 1.